The summed E-state index contributed by atoms with van der Waals surface area (Å²) in [5, 5.41) is 14.7. The summed E-state index contributed by atoms with van der Waals surface area (Å²) in [6, 6.07) is 13.7. The summed E-state index contributed by atoms with van der Waals surface area (Å²) < 4.78 is 44.2. The molecule has 3 aromatic rings. The quantitative estimate of drug-likeness (QED) is 0.354. The van der Waals surface area contributed by atoms with E-state index in [1.165, 1.54) is 37.1 Å². The lowest BCUT2D eigenvalue weighted by Crippen LogP contribution is -2.45. The zero-order valence-corrected chi connectivity index (χ0v) is 21.1. The number of carboxylic acid groups (broad SMARTS) is 1. The van der Waals surface area contributed by atoms with E-state index < -0.39 is 29.8 Å². The number of amides is 3. The monoisotopic (exact) mass is 541 g/mol. The van der Waals surface area contributed by atoms with Crippen LogP contribution in [0, 0.1) is 6.92 Å². The minimum absolute atomic E-state index is 0.0178. The van der Waals surface area contributed by atoms with Crippen molar-refractivity contribution in [2.45, 2.75) is 32.0 Å². The number of hydrogen-bond donors (Lipinski definition) is 3. The van der Waals surface area contributed by atoms with E-state index in [2.05, 4.69) is 10.6 Å². The van der Waals surface area contributed by atoms with Crippen molar-refractivity contribution in [3.05, 3.63) is 77.4 Å². The molecule has 3 N–H and O–H groups in total. The number of nitrogens with zero attached hydrogens (tertiary/aromatic N) is 1. The first-order chi connectivity index (χ1) is 18.5. The van der Waals surface area contributed by atoms with Gasteiger partial charge in [-0.3, -0.25) is 4.79 Å². The summed E-state index contributed by atoms with van der Waals surface area (Å²) in [4.78, 5) is 38.5. The number of carbonyl (C=O) groups excluding carboxylic acids is 2. The highest BCUT2D eigenvalue weighted by molar-refractivity contribution is 6.00. The number of rotatable bonds is 6. The van der Waals surface area contributed by atoms with Gasteiger partial charge in [0.05, 0.1) is 12.7 Å². The molecule has 1 aliphatic rings. The number of hydrogen-bond acceptors (Lipinski definition) is 4. The van der Waals surface area contributed by atoms with Crippen molar-refractivity contribution >= 4 is 29.3 Å². The van der Waals surface area contributed by atoms with Crippen molar-refractivity contribution in [2.75, 3.05) is 24.3 Å². The largest absolute Gasteiger partial charge is 0.496 e. The van der Waals surface area contributed by atoms with Crippen LogP contribution in [-0.2, 0) is 11.0 Å². The van der Waals surface area contributed by atoms with E-state index in [0.717, 1.165) is 17.2 Å². The summed E-state index contributed by atoms with van der Waals surface area (Å²) in [5.74, 6) is -1.25. The molecule has 1 fully saturated rings. The van der Waals surface area contributed by atoms with Gasteiger partial charge >= 0.3 is 18.2 Å². The molecule has 0 aromatic heterocycles. The van der Waals surface area contributed by atoms with E-state index in [4.69, 9.17) is 4.74 Å². The van der Waals surface area contributed by atoms with Crippen LogP contribution in [0.4, 0.5) is 29.3 Å². The Morgan fingerprint density at radius 2 is 1.62 bits per heavy atom. The molecule has 1 atom stereocenters. The number of methoxy groups -OCH3 is 1. The van der Waals surface area contributed by atoms with Gasteiger partial charge in [0.2, 0.25) is 5.91 Å². The molecule has 0 saturated carbocycles. The average molecular weight is 542 g/mol. The first-order valence-electron chi connectivity index (χ1n) is 12.1. The number of alkyl halides is 3. The second kappa shape index (κ2) is 11.1. The molecule has 0 radical (unpaired) electrons. The van der Waals surface area contributed by atoms with Crippen molar-refractivity contribution in [1.82, 2.24) is 4.90 Å². The van der Waals surface area contributed by atoms with E-state index in [1.807, 2.05) is 0 Å². The number of carboxylic acids is 1. The van der Waals surface area contributed by atoms with Crippen molar-refractivity contribution < 1.29 is 37.4 Å². The van der Waals surface area contributed by atoms with Gasteiger partial charge in [-0.2, -0.15) is 13.2 Å². The molecule has 1 aliphatic heterocycles. The lowest BCUT2D eigenvalue weighted by atomic mass is 10.0. The fourth-order valence-electron chi connectivity index (χ4n) is 4.56. The van der Waals surface area contributed by atoms with Crippen LogP contribution in [0.1, 0.15) is 34.3 Å². The van der Waals surface area contributed by atoms with E-state index in [9.17, 15) is 32.7 Å². The molecule has 11 heteroatoms. The first kappa shape index (κ1) is 27.5. The third-order valence-electron chi connectivity index (χ3n) is 6.52. The highest BCUT2D eigenvalue weighted by atomic mass is 19.4. The maximum Gasteiger partial charge on any atom is 0.416 e. The zero-order valence-electron chi connectivity index (χ0n) is 21.1. The van der Waals surface area contributed by atoms with Gasteiger partial charge < -0.3 is 25.4 Å². The molecule has 1 saturated heterocycles. The summed E-state index contributed by atoms with van der Waals surface area (Å²) in [5.41, 5.74) is 1.47. The third-order valence-corrected chi connectivity index (χ3v) is 6.52. The molecule has 39 heavy (non-hydrogen) atoms. The number of ether oxygens (including phenoxy) is 1. The summed E-state index contributed by atoms with van der Waals surface area (Å²) in [6.45, 7) is 1.65. The summed E-state index contributed by atoms with van der Waals surface area (Å²) in [6.07, 6.45) is -3.44. The number of urea groups is 1. The van der Waals surface area contributed by atoms with Gasteiger partial charge in [-0.05, 0) is 78.9 Å². The van der Waals surface area contributed by atoms with Crippen LogP contribution in [0.3, 0.4) is 0 Å². The number of anilines is 2. The molecule has 0 aliphatic carbocycles. The molecule has 204 valence electrons. The molecule has 0 unspecified atom stereocenters. The molecule has 4 rings (SSSR count). The van der Waals surface area contributed by atoms with E-state index in [1.54, 1.807) is 36.4 Å². The first-order valence-corrected chi connectivity index (χ1v) is 12.1. The van der Waals surface area contributed by atoms with Gasteiger partial charge in [-0.15, -0.1) is 0 Å². The van der Waals surface area contributed by atoms with E-state index in [-0.39, 0.29) is 28.5 Å². The van der Waals surface area contributed by atoms with Gasteiger partial charge in [0.1, 0.15) is 17.4 Å². The highest BCUT2D eigenvalue weighted by Crippen LogP contribution is 2.33. The normalized spacial score (nSPS) is 15.1. The van der Waals surface area contributed by atoms with E-state index in [0.29, 0.717) is 25.1 Å². The number of benzene rings is 3. The van der Waals surface area contributed by atoms with Gasteiger partial charge in [0.15, 0.2) is 0 Å². The topological polar surface area (TPSA) is 108 Å². The Morgan fingerprint density at radius 1 is 0.949 bits per heavy atom. The smallest absolute Gasteiger partial charge is 0.416 e. The molecule has 3 amide bonds. The van der Waals surface area contributed by atoms with Gasteiger partial charge in [-0.25, -0.2) is 9.59 Å². The second-order valence-electron chi connectivity index (χ2n) is 9.10. The van der Waals surface area contributed by atoms with E-state index >= 15 is 0 Å². The fraction of sp³-hybridized carbons (Fsp3) is 0.250. The maximum atomic E-state index is 13.0. The zero-order chi connectivity index (χ0) is 28.3. The predicted molar refractivity (Wildman–Crippen MR) is 139 cm³/mol. The number of nitrogens with one attached hydrogen (secondary N) is 2. The van der Waals surface area contributed by atoms with Crippen LogP contribution in [0.2, 0.25) is 0 Å². The van der Waals surface area contributed by atoms with Crippen molar-refractivity contribution in [3.63, 3.8) is 0 Å². The minimum Gasteiger partial charge on any atom is -0.496 e. The highest BCUT2D eigenvalue weighted by Gasteiger charge is 2.35. The molecule has 3 aromatic carbocycles. The fourth-order valence-corrected chi connectivity index (χ4v) is 4.56. The molecular weight excluding hydrogens is 515 g/mol. The van der Waals surface area contributed by atoms with Gasteiger partial charge in [-0.1, -0.05) is 18.2 Å². The SMILES string of the molecule is COc1cc(-c2ccc(NC(=O)[C@H]3CCCN3C(=O)Nc3ccc(C(F)(F)F)c(C)c3)cc2)ccc1C(=O)O. The van der Waals surface area contributed by atoms with Crippen LogP contribution in [0.25, 0.3) is 11.1 Å². The molecule has 8 nitrogen and oxygen atoms in total. The minimum atomic E-state index is -4.49. The number of carbonyl (C=O) groups is 3. The second-order valence-corrected chi connectivity index (χ2v) is 9.10. The molecule has 0 spiro atoms. The third kappa shape index (κ3) is 6.14. The molecule has 1 heterocycles. The lowest BCUT2D eigenvalue weighted by Gasteiger charge is -2.24. The Balaban J connectivity index is 1.41. The van der Waals surface area contributed by atoms with Gasteiger partial charge in [0.25, 0.3) is 0 Å². The van der Waals surface area contributed by atoms with Crippen molar-refractivity contribution in [3.8, 4) is 16.9 Å². The number of aryl methyl sites for hydroxylation is 1. The average Bonchev–Trinajstić information content (AvgIpc) is 3.38. The van der Waals surface area contributed by atoms with Crippen molar-refractivity contribution in [1.29, 1.82) is 0 Å². The predicted octanol–water partition coefficient (Wildman–Crippen LogP) is 6.02. The van der Waals surface area contributed by atoms with Gasteiger partial charge in [0, 0.05) is 17.9 Å². The Morgan fingerprint density at radius 3 is 2.23 bits per heavy atom. The summed E-state index contributed by atoms with van der Waals surface area (Å²) >= 11 is 0. The maximum absolute atomic E-state index is 13.0. The van der Waals surface area contributed by atoms with Crippen LogP contribution >= 0.6 is 0 Å². The Kier molecular flexibility index (Phi) is 7.80. The van der Waals surface area contributed by atoms with Crippen LogP contribution < -0.4 is 15.4 Å². The lowest BCUT2D eigenvalue weighted by molar-refractivity contribution is -0.138. The number of halogens is 3. The molecule has 0 bridgehead atoms. The van der Waals surface area contributed by atoms with Crippen LogP contribution in [0.15, 0.2) is 60.7 Å². The van der Waals surface area contributed by atoms with Crippen LogP contribution in [-0.4, -0.2) is 47.6 Å². The summed E-state index contributed by atoms with van der Waals surface area (Å²) in [7, 11) is 1.39. The standard InChI is InChI=1S/C28H26F3N3O5/c1-16-14-20(10-12-22(16)28(29,30)31)33-27(38)34-13-3-4-23(34)25(35)32-19-8-5-17(6-9-19)18-7-11-21(26(36)37)24(15-18)39-2/h5-12,14-15,23H,3-4,13H2,1-2H3,(H,32,35)(H,33,38)(H,36,37)/t23-/m1/s1. The van der Waals surface area contributed by atoms with Crippen molar-refractivity contribution in [2.24, 2.45) is 0 Å². The number of aromatic carboxylic acids is 1. The molecular formula is C28H26F3N3O5. The Bertz CT molecular complexity index is 1410. The van der Waals surface area contributed by atoms with Crippen LogP contribution in [0.5, 0.6) is 5.75 Å². The Labute approximate surface area is 222 Å². The number of likely N-dealkylation sites (tertiary alicyclic amines) is 1. The Hall–Kier alpha value is -4.54.